The summed E-state index contributed by atoms with van der Waals surface area (Å²) in [5.41, 5.74) is 6.48. The summed E-state index contributed by atoms with van der Waals surface area (Å²) in [6.45, 7) is 11.4. The Balaban J connectivity index is 0.00000180. The molecule has 2 heterocycles. The fourth-order valence-electron chi connectivity index (χ4n) is 3.42. The van der Waals surface area contributed by atoms with Gasteiger partial charge >= 0.3 is 0 Å². The number of hydrogen-bond acceptors (Lipinski definition) is 3. The molecule has 3 atom stereocenters. The largest absolute Gasteiger partial charge is 0.378 e. The monoisotopic (exact) mass is 290 g/mol. The Kier molecular flexibility index (Phi) is 6.58. The number of likely N-dealkylation sites (tertiary alicyclic amines) is 1. The van der Waals surface area contributed by atoms with Crippen molar-refractivity contribution in [2.45, 2.75) is 58.6 Å². The molecule has 3 nitrogen and oxygen atoms in total. The van der Waals surface area contributed by atoms with Crippen LogP contribution >= 0.6 is 12.4 Å². The summed E-state index contributed by atoms with van der Waals surface area (Å²) in [7, 11) is 0. The average Bonchev–Trinajstić information content (AvgIpc) is 2.34. The highest BCUT2D eigenvalue weighted by Gasteiger charge is 2.34. The van der Waals surface area contributed by atoms with Gasteiger partial charge in [0.1, 0.15) is 0 Å². The first-order valence-corrected chi connectivity index (χ1v) is 7.61. The van der Waals surface area contributed by atoms with Gasteiger partial charge in [-0.05, 0) is 43.6 Å². The van der Waals surface area contributed by atoms with Crippen molar-refractivity contribution in [1.82, 2.24) is 4.90 Å². The van der Waals surface area contributed by atoms with E-state index >= 15 is 0 Å². The molecule has 4 heteroatoms. The van der Waals surface area contributed by atoms with Gasteiger partial charge in [0, 0.05) is 25.7 Å². The van der Waals surface area contributed by atoms with Gasteiger partial charge in [0.25, 0.3) is 0 Å². The molecule has 0 radical (unpaired) electrons. The van der Waals surface area contributed by atoms with E-state index in [0.29, 0.717) is 12.1 Å². The zero-order chi connectivity index (χ0) is 13.2. The van der Waals surface area contributed by atoms with E-state index in [9.17, 15) is 0 Å². The van der Waals surface area contributed by atoms with Crippen LogP contribution in [0.4, 0.5) is 0 Å². The molecular weight excluding hydrogens is 260 g/mol. The topological polar surface area (TPSA) is 38.5 Å². The fraction of sp³-hybridized carbons (Fsp3) is 1.00. The van der Waals surface area contributed by atoms with E-state index in [2.05, 4.69) is 25.7 Å². The summed E-state index contributed by atoms with van der Waals surface area (Å²) < 4.78 is 5.77. The average molecular weight is 291 g/mol. The molecule has 0 bridgehead atoms. The fourth-order valence-corrected chi connectivity index (χ4v) is 3.42. The zero-order valence-electron chi connectivity index (χ0n) is 12.7. The molecule has 0 aromatic rings. The Morgan fingerprint density at radius 1 is 1.32 bits per heavy atom. The highest BCUT2D eigenvalue weighted by molar-refractivity contribution is 5.85. The molecule has 2 aliphatic rings. The molecule has 0 amide bonds. The Bertz CT molecular complexity index is 273. The first kappa shape index (κ1) is 17.2. The van der Waals surface area contributed by atoms with Crippen LogP contribution in [0.1, 0.15) is 46.5 Å². The maximum absolute atomic E-state index is 6.20. The predicted octanol–water partition coefficient (Wildman–Crippen LogP) is 2.67. The van der Waals surface area contributed by atoms with E-state index in [1.165, 1.54) is 25.9 Å². The Morgan fingerprint density at radius 3 is 2.68 bits per heavy atom. The van der Waals surface area contributed by atoms with Crippen molar-refractivity contribution in [1.29, 1.82) is 0 Å². The normalized spacial score (nSPS) is 35.7. The van der Waals surface area contributed by atoms with Crippen molar-refractivity contribution in [3.05, 3.63) is 0 Å². The van der Waals surface area contributed by atoms with Crippen LogP contribution in [-0.4, -0.2) is 43.3 Å². The summed E-state index contributed by atoms with van der Waals surface area (Å²) >= 11 is 0. The van der Waals surface area contributed by atoms with E-state index in [0.717, 1.165) is 31.9 Å². The second-order valence-corrected chi connectivity index (χ2v) is 6.91. The molecule has 0 aromatic heterocycles. The minimum atomic E-state index is 0. The van der Waals surface area contributed by atoms with E-state index in [1.807, 2.05) is 0 Å². The Morgan fingerprint density at radius 2 is 2.05 bits per heavy atom. The van der Waals surface area contributed by atoms with Crippen molar-refractivity contribution >= 4 is 12.4 Å². The number of piperidine rings is 1. The van der Waals surface area contributed by atoms with Crippen molar-refractivity contribution in [3.8, 4) is 0 Å². The lowest BCUT2D eigenvalue weighted by Crippen LogP contribution is -2.53. The summed E-state index contributed by atoms with van der Waals surface area (Å²) in [6.07, 6.45) is 5.29. The van der Waals surface area contributed by atoms with Gasteiger partial charge in [-0.3, -0.25) is 0 Å². The summed E-state index contributed by atoms with van der Waals surface area (Å²) in [5.74, 6) is 0.828. The first-order valence-electron chi connectivity index (χ1n) is 7.61. The van der Waals surface area contributed by atoms with Crippen LogP contribution in [0, 0.1) is 11.3 Å². The molecule has 2 rings (SSSR count). The molecule has 0 spiro atoms. The van der Waals surface area contributed by atoms with Gasteiger partial charge in [-0.15, -0.1) is 12.4 Å². The maximum Gasteiger partial charge on any atom is 0.0575 e. The number of ether oxygens (including phenoxy) is 1. The van der Waals surface area contributed by atoms with Gasteiger partial charge in [0.2, 0.25) is 0 Å². The molecule has 19 heavy (non-hydrogen) atoms. The van der Waals surface area contributed by atoms with Crippen molar-refractivity contribution in [2.75, 3.05) is 26.2 Å². The first-order chi connectivity index (χ1) is 8.51. The van der Waals surface area contributed by atoms with Gasteiger partial charge in [-0.2, -0.15) is 0 Å². The van der Waals surface area contributed by atoms with E-state index in [4.69, 9.17) is 10.5 Å². The zero-order valence-corrected chi connectivity index (χ0v) is 13.5. The summed E-state index contributed by atoms with van der Waals surface area (Å²) in [4.78, 5) is 2.63. The van der Waals surface area contributed by atoms with Crippen molar-refractivity contribution < 1.29 is 4.74 Å². The van der Waals surface area contributed by atoms with E-state index in [-0.39, 0.29) is 17.8 Å². The molecule has 2 fully saturated rings. The number of nitrogens with two attached hydrogens (primary N) is 1. The third-order valence-electron chi connectivity index (χ3n) is 4.84. The number of hydrogen-bond donors (Lipinski definition) is 1. The number of halogens is 1. The number of rotatable bonds is 3. The van der Waals surface area contributed by atoms with Gasteiger partial charge in [-0.25, -0.2) is 0 Å². The maximum atomic E-state index is 6.20. The lowest BCUT2D eigenvalue weighted by Gasteiger charge is -2.44. The van der Waals surface area contributed by atoms with Crippen LogP contribution in [-0.2, 0) is 4.74 Å². The summed E-state index contributed by atoms with van der Waals surface area (Å²) in [6, 6.07) is 0.367. The van der Waals surface area contributed by atoms with Crippen LogP contribution in [0.3, 0.4) is 0 Å². The van der Waals surface area contributed by atoms with Crippen LogP contribution in [0.25, 0.3) is 0 Å². The smallest absolute Gasteiger partial charge is 0.0575 e. The highest BCUT2D eigenvalue weighted by Crippen LogP contribution is 2.30. The second-order valence-electron chi connectivity index (χ2n) is 6.91. The van der Waals surface area contributed by atoms with Gasteiger partial charge < -0.3 is 15.4 Å². The quantitative estimate of drug-likeness (QED) is 0.868. The molecule has 3 unspecified atom stereocenters. The van der Waals surface area contributed by atoms with E-state index in [1.54, 1.807) is 0 Å². The van der Waals surface area contributed by atoms with Gasteiger partial charge in [-0.1, -0.05) is 20.8 Å². The van der Waals surface area contributed by atoms with Crippen LogP contribution in [0.2, 0.25) is 0 Å². The lowest BCUT2D eigenvalue weighted by atomic mass is 9.79. The van der Waals surface area contributed by atoms with Crippen LogP contribution in [0.5, 0.6) is 0 Å². The van der Waals surface area contributed by atoms with Crippen LogP contribution < -0.4 is 5.73 Å². The highest BCUT2D eigenvalue weighted by atomic mass is 35.5. The number of nitrogens with zero attached hydrogens (tertiary/aromatic N) is 1. The molecule has 2 N–H and O–H groups in total. The minimum Gasteiger partial charge on any atom is -0.378 e. The molecule has 2 aliphatic heterocycles. The molecule has 0 saturated carbocycles. The minimum absolute atomic E-state index is 0. The third-order valence-corrected chi connectivity index (χ3v) is 4.84. The molecule has 0 aromatic carbocycles. The van der Waals surface area contributed by atoms with Gasteiger partial charge in [0.15, 0.2) is 0 Å². The van der Waals surface area contributed by atoms with Crippen molar-refractivity contribution in [3.63, 3.8) is 0 Å². The molecule has 114 valence electrons. The Hall–Kier alpha value is 0.170. The Labute approximate surface area is 124 Å². The SMILES string of the molecule is CCC1CC(CN2CCC(N)C(C)(C)C2)CCO1.Cl. The standard InChI is InChI=1S/C15H30N2O.ClH/c1-4-13-9-12(6-8-18-13)10-17-7-5-14(16)15(2,3)11-17;/h12-14H,4-11,16H2,1-3H3;1H. The third kappa shape index (κ3) is 4.59. The van der Waals surface area contributed by atoms with E-state index < -0.39 is 0 Å². The van der Waals surface area contributed by atoms with Crippen LogP contribution in [0.15, 0.2) is 0 Å². The summed E-state index contributed by atoms with van der Waals surface area (Å²) in [5, 5.41) is 0. The molecular formula is C15H31ClN2O. The predicted molar refractivity (Wildman–Crippen MR) is 82.8 cm³/mol. The second kappa shape index (κ2) is 7.26. The molecule has 2 saturated heterocycles. The molecule has 0 aliphatic carbocycles. The van der Waals surface area contributed by atoms with Crippen molar-refractivity contribution in [2.24, 2.45) is 17.1 Å². The van der Waals surface area contributed by atoms with Gasteiger partial charge in [0.05, 0.1) is 6.10 Å². The lowest BCUT2D eigenvalue weighted by molar-refractivity contribution is -0.0240.